The summed E-state index contributed by atoms with van der Waals surface area (Å²) in [6.07, 6.45) is 0.210. The van der Waals surface area contributed by atoms with Gasteiger partial charge in [-0.15, -0.1) is 23.5 Å². The average Bonchev–Trinajstić information content (AvgIpc) is 3.39. The van der Waals surface area contributed by atoms with Gasteiger partial charge in [0.15, 0.2) is 23.0 Å². The summed E-state index contributed by atoms with van der Waals surface area (Å²) >= 11 is 3.27. The van der Waals surface area contributed by atoms with E-state index in [4.69, 9.17) is 18.9 Å². The molecule has 2 N–H and O–H groups in total. The standard InChI is InChI=1S/C35H36O7S2/c1-22(2)42-30-16-15-24(20-29(30)36)35(43-25-11-7-5-8-12-25,44-26-13-9-6-10-14-26)28-21-41-34(38)27(28)17-23-18-31(39-3)33(37)32(19-23)40-4/h5-16,18-20,22,27-28,36-37H,17,21H2,1-4H3/t27-,28+/m1/s1. The van der Waals surface area contributed by atoms with E-state index in [0.717, 1.165) is 20.9 Å². The van der Waals surface area contributed by atoms with Crippen LogP contribution in [0.4, 0.5) is 0 Å². The highest BCUT2D eigenvalue weighted by molar-refractivity contribution is 8.17. The number of cyclic esters (lactones) is 1. The maximum absolute atomic E-state index is 13.6. The third-order valence-electron chi connectivity index (χ3n) is 7.43. The molecule has 4 aromatic carbocycles. The monoisotopic (exact) mass is 632 g/mol. The minimum Gasteiger partial charge on any atom is -0.504 e. The van der Waals surface area contributed by atoms with Gasteiger partial charge in [-0.05, 0) is 79.9 Å². The fourth-order valence-electron chi connectivity index (χ4n) is 5.40. The third kappa shape index (κ3) is 6.74. The van der Waals surface area contributed by atoms with Crippen LogP contribution in [-0.4, -0.2) is 43.1 Å². The summed E-state index contributed by atoms with van der Waals surface area (Å²) in [5, 5.41) is 21.7. The summed E-state index contributed by atoms with van der Waals surface area (Å²) in [4.78, 5) is 15.6. The van der Waals surface area contributed by atoms with Crippen molar-refractivity contribution in [3.63, 3.8) is 0 Å². The minimum absolute atomic E-state index is 0.0256. The van der Waals surface area contributed by atoms with Crippen LogP contribution in [0.15, 0.2) is 101 Å². The summed E-state index contributed by atoms with van der Waals surface area (Å²) < 4.78 is 21.7. The Hall–Kier alpha value is -3.95. The lowest BCUT2D eigenvalue weighted by Crippen LogP contribution is -2.35. The first-order valence-electron chi connectivity index (χ1n) is 14.3. The van der Waals surface area contributed by atoms with Gasteiger partial charge in [0.25, 0.3) is 0 Å². The molecule has 1 saturated heterocycles. The molecule has 0 spiro atoms. The lowest BCUT2D eigenvalue weighted by Gasteiger charge is -2.40. The first-order chi connectivity index (χ1) is 21.2. The number of benzene rings is 4. The van der Waals surface area contributed by atoms with E-state index < -0.39 is 10.00 Å². The zero-order chi connectivity index (χ0) is 31.3. The number of carbonyl (C=O) groups excluding carboxylic acids is 1. The van der Waals surface area contributed by atoms with Crippen LogP contribution in [-0.2, 0) is 20.0 Å². The summed E-state index contributed by atoms with van der Waals surface area (Å²) in [6.45, 7) is 4.00. The fourth-order valence-corrected chi connectivity index (χ4v) is 8.69. The van der Waals surface area contributed by atoms with Crippen molar-refractivity contribution in [3.05, 3.63) is 102 Å². The number of carbonyl (C=O) groups is 1. The van der Waals surface area contributed by atoms with Gasteiger partial charge in [-0.3, -0.25) is 4.79 Å². The molecule has 1 fully saturated rings. The van der Waals surface area contributed by atoms with Gasteiger partial charge in [-0.2, -0.15) is 0 Å². The SMILES string of the molecule is COc1cc(C[C@H]2C(=O)OC[C@@H]2C(Sc2ccccc2)(Sc2ccccc2)c2ccc(OC(C)C)c(O)c2)cc(OC)c1O. The maximum Gasteiger partial charge on any atom is 0.309 e. The van der Waals surface area contributed by atoms with E-state index in [2.05, 4.69) is 0 Å². The van der Waals surface area contributed by atoms with Crippen molar-refractivity contribution in [3.8, 4) is 28.7 Å². The third-order valence-corrected chi connectivity index (χ3v) is 10.6. The van der Waals surface area contributed by atoms with Gasteiger partial charge in [0.2, 0.25) is 5.75 Å². The second-order valence-electron chi connectivity index (χ2n) is 10.7. The molecule has 9 heteroatoms. The highest BCUT2D eigenvalue weighted by Gasteiger charge is 2.53. The van der Waals surface area contributed by atoms with Gasteiger partial charge in [0.05, 0.1) is 32.8 Å². The molecule has 0 unspecified atom stereocenters. The number of hydrogen-bond donors (Lipinski definition) is 2. The second-order valence-corrected chi connectivity index (χ2v) is 13.6. The molecule has 0 radical (unpaired) electrons. The van der Waals surface area contributed by atoms with Crippen molar-refractivity contribution in [2.75, 3.05) is 20.8 Å². The highest BCUT2D eigenvalue weighted by Crippen LogP contribution is 2.61. The van der Waals surface area contributed by atoms with E-state index in [-0.39, 0.29) is 47.6 Å². The molecule has 0 aromatic heterocycles. The van der Waals surface area contributed by atoms with Crippen LogP contribution in [0, 0.1) is 11.8 Å². The van der Waals surface area contributed by atoms with Gasteiger partial charge in [0.1, 0.15) is 4.08 Å². The quantitative estimate of drug-likeness (QED) is 0.0927. The fraction of sp³-hybridized carbons (Fsp3) is 0.286. The molecule has 1 aliphatic heterocycles. The molecule has 0 saturated carbocycles. The van der Waals surface area contributed by atoms with E-state index in [9.17, 15) is 15.0 Å². The van der Waals surface area contributed by atoms with Crippen LogP contribution in [0.1, 0.15) is 25.0 Å². The topological polar surface area (TPSA) is 94.5 Å². The molecule has 5 rings (SSSR count). The predicted molar refractivity (Wildman–Crippen MR) is 173 cm³/mol. The van der Waals surface area contributed by atoms with Crippen LogP contribution in [0.3, 0.4) is 0 Å². The molecular formula is C35H36O7S2. The van der Waals surface area contributed by atoms with E-state index in [1.54, 1.807) is 47.8 Å². The van der Waals surface area contributed by atoms with Gasteiger partial charge < -0.3 is 29.2 Å². The number of aromatic hydroxyl groups is 2. The average molecular weight is 633 g/mol. The van der Waals surface area contributed by atoms with Crippen molar-refractivity contribution >= 4 is 29.5 Å². The Labute approximate surface area is 266 Å². The largest absolute Gasteiger partial charge is 0.504 e. The number of phenolic OH excluding ortho intramolecular Hbond substituents is 2. The first kappa shape index (κ1) is 31.5. The Morgan fingerprint density at radius 2 is 1.41 bits per heavy atom. The van der Waals surface area contributed by atoms with E-state index in [1.165, 1.54) is 14.2 Å². The van der Waals surface area contributed by atoms with Crippen LogP contribution in [0.5, 0.6) is 28.7 Å². The molecule has 4 aromatic rings. The van der Waals surface area contributed by atoms with Gasteiger partial charge in [-0.1, -0.05) is 42.5 Å². The Kier molecular flexibility index (Phi) is 9.86. The maximum atomic E-state index is 13.6. The number of phenols is 2. The van der Waals surface area contributed by atoms with Gasteiger partial charge >= 0.3 is 5.97 Å². The van der Waals surface area contributed by atoms with Crippen molar-refractivity contribution < 1.29 is 34.0 Å². The van der Waals surface area contributed by atoms with Gasteiger partial charge in [0, 0.05) is 15.7 Å². The number of thioether (sulfide) groups is 2. The Morgan fingerprint density at radius 1 is 0.841 bits per heavy atom. The number of esters is 1. The summed E-state index contributed by atoms with van der Waals surface area (Å²) in [5.74, 6) is -0.368. The minimum atomic E-state index is -0.821. The number of rotatable bonds is 12. The number of methoxy groups -OCH3 is 2. The van der Waals surface area contributed by atoms with Crippen molar-refractivity contribution in [2.45, 2.75) is 40.2 Å². The van der Waals surface area contributed by atoms with Crippen molar-refractivity contribution in [2.24, 2.45) is 11.8 Å². The van der Waals surface area contributed by atoms with Crippen LogP contribution in [0.2, 0.25) is 0 Å². The van der Waals surface area contributed by atoms with E-state index >= 15 is 0 Å². The normalized spacial score (nSPS) is 16.5. The van der Waals surface area contributed by atoms with Crippen LogP contribution >= 0.6 is 23.5 Å². The molecule has 0 bridgehead atoms. The van der Waals surface area contributed by atoms with Crippen LogP contribution < -0.4 is 14.2 Å². The lowest BCUT2D eigenvalue weighted by atomic mass is 9.83. The summed E-state index contributed by atoms with van der Waals surface area (Å²) in [7, 11) is 2.95. The number of ether oxygens (including phenoxy) is 4. The lowest BCUT2D eigenvalue weighted by molar-refractivity contribution is -0.141. The first-order valence-corrected chi connectivity index (χ1v) is 16.0. The molecular weight excluding hydrogens is 597 g/mol. The molecule has 0 amide bonds. The van der Waals surface area contributed by atoms with Gasteiger partial charge in [-0.25, -0.2) is 0 Å². The summed E-state index contributed by atoms with van der Waals surface area (Å²) in [5.41, 5.74) is 1.58. The molecule has 0 aliphatic carbocycles. The van der Waals surface area contributed by atoms with E-state index in [0.29, 0.717) is 12.2 Å². The Morgan fingerprint density at radius 3 is 1.91 bits per heavy atom. The van der Waals surface area contributed by atoms with Crippen LogP contribution in [0.25, 0.3) is 0 Å². The molecule has 230 valence electrons. The molecule has 1 heterocycles. The smallest absolute Gasteiger partial charge is 0.309 e. The summed E-state index contributed by atoms with van der Waals surface area (Å²) in [6, 6.07) is 29.0. The molecule has 44 heavy (non-hydrogen) atoms. The molecule has 2 atom stereocenters. The zero-order valence-electron chi connectivity index (χ0n) is 25.1. The van der Waals surface area contributed by atoms with Crippen molar-refractivity contribution in [1.82, 2.24) is 0 Å². The van der Waals surface area contributed by atoms with Crippen molar-refractivity contribution in [1.29, 1.82) is 0 Å². The molecule has 1 aliphatic rings. The highest BCUT2D eigenvalue weighted by atomic mass is 32.2. The predicted octanol–water partition coefficient (Wildman–Crippen LogP) is 7.67. The Balaban J connectivity index is 1.67. The zero-order valence-corrected chi connectivity index (χ0v) is 26.7. The second kappa shape index (κ2) is 13.8. The molecule has 7 nitrogen and oxygen atoms in total. The number of hydrogen-bond acceptors (Lipinski definition) is 9. The van der Waals surface area contributed by atoms with E-state index in [1.807, 2.05) is 80.6 Å². The Bertz CT molecular complexity index is 1510.